The minimum atomic E-state index is -0.643. The molecule has 1 aliphatic rings. The van der Waals surface area contributed by atoms with E-state index in [-0.39, 0.29) is 48.1 Å². The molecule has 0 unspecified atom stereocenters. The number of Topliss-reactive ketones (excluding diaryl/α,β-unsaturated/α-hetero) is 1. The molecule has 4 N–H and O–H groups in total. The van der Waals surface area contributed by atoms with Crippen molar-refractivity contribution in [1.82, 2.24) is 14.9 Å². The molecular weight excluding hydrogens is 458 g/mol. The number of nitrogens with zero attached hydrogens (tertiary/aromatic N) is 3. The number of primary amides is 1. The number of rotatable bonds is 10. The predicted octanol–water partition coefficient (Wildman–Crippen LogP) is 4.13. The molecular formula is C27H35N5O4. The quantitative estimate of drug-likeness (QED) is 0.433. The second-order valence-electron chi connectivity index (χ2n) is 10.3. The maximum absolute atomic E-state index is 12.9. The topological polar surface area (TPSA) is 139 Å². The maximum Gasteiger partial charge on any atom is 0.254 e. The molecule has 3 aromatic rings. The number of nitrogen functional groups attached to an aromatic ring is 1. The summed E-state index contributed by atoms with van der Waals surface area (Å²) in [5, 5.41) is 8.74. The fourth-order valence-electron chi connectivity index (χ4n) is 5.11. The second kappa shape index (κ2) is 10.3. The van der Waals surface area contributed by atoms with Crippen molar-refractivity contribution in [3.8, 4) is 11.3 Å². The molecule has 1 aromatic carbocycles. The summed E-state index contributed by atoms with van der Waals surface area (Å²) in [4.78, 5) is 25.1. The molecule has 1 saturated carbocycles. The highest BCUT2D eigenvalue weighted by atomic mass is 16.5. The number of carbonyl (C=O) groups is 2. The van der Waals surface area contributed by atoms with Gasteiger partial charge in [-0.15, -0.1) is 0 Å². The highest BCUT2D eigenvalue weighted by Gasteiger charge is 2.34. The summed E-state index contributed by atoms with van der Waals surface area (Å²) in [5.74, 6) is 0.498. The van der Waals surface area contributed by atoms with Gasteiger partial charge < -0.3 is 20.7 Å². The van der Waals surface area contributed by atoms with Gasteiger partial charge in [-0.25, -0.2) is 4.68 Å². The minimum Gasteiger partial charge on any atom is -0.383 e. The normalized spacial score (nSPS) is 15.0. The Morgan fingerprint density at radius 3 is 2.56 bits per heavy atom. The van der Waals surface area contributed by atoms with Crippen molar-refractivity contribution in [1.29, 1.82) is 0 Å². The van der Waals surface area contributed by atoms with E-state index >= 15 is 0 Å². The molecule has 2 aromatic heterocycles. The summed E-state index contributed by atoms with van der Waals surface area (Å²) < 4.78 is 12.6. The zero-order chi connectivity index (χ0) is 26.0. The summed E-state index contributed by atoms with van der Waals surface area (Å²) in [6, 6.07) is 7.48. The molecule has 9 nitrogen and oxygen atoms in total. The molecule has 36 heavy (non-hydrogen) atoms. The van der Waals surface area contributed by atoms with Gasteiger partial charge in [-0.05, 0) is 37.8 Å². The van der Waals surface area contributed by atoms with Gasteiger partial charge in [0.15, 0.2) is 0 Å². The largest absolute Gasteiger partial charge is 0.383 e. The Morgan fingerprint density at radius 1 is 1.19 bits per heavy atom. The van der Waals surface area contributed by atoms with Gasteiger partial charge in [0.1, 0.15) is 28.6 Å². The number of anilines is 1. The molecule has 9 heteroatoms. The Balaban J connectivity index is 1.56. The average molecular weight is 494 g/mol. The molecule has 0 bridgehead atoms. The van der Waals surface area contributed by atoms with E-state index in [1.165, 1.54) is 12.8 Å². The van der Waals surface area contributed by atoms with Gasteiger partial charge in [-0.1, -0.05) is 43.1 Å². The van der Waals surface area contributed by atoms with Crippen LogP contribution in [0.1, 0.15) is 85.4 Å². The van der Waals surface area contributed by atoms with Crippen LogP contribution in [0, 0.1) is 0 Å². The highest BCUT2D eigenvalue weighted by Crippen LogP contribution is 2.40. The van der Waals surface area contributed by atoms with Crippen LogP contribution in [0.3, 0.4) is 0 Å². The number of ether oxygens (including phenoxy) is 1. The van der Waals surface area contributed by atoms with Crippen molar-refractivity contribution >= 4 is 17.5 Å². The molecule has 2 heterocycles. The molecule has 0 atom stereocenters. The number of ketones is 1. The van der Waals surface area contributed by atoms with Crippen LogP contribution in [0.25, 0.3) is 11.3 Å². The maximum atomic E-state index is 12.9. The monoisotopic (exact) mass is 493 g/mol. The van der Waals surface area contributed by atoms with Crippen molar-refractivity contribution in [2.45, 2.75) is 77.4 Å². The van der Waals surface area contributed by atoms with Crippen LogP contribution in [-0.2, 0) is 34.4 Å². The number of amides is 1. The number of carbonyl (C=O) groups excluding carboxylic acids is 2. The van der Waals surface area contributed by atoms with Crippen LogP contribution >= 0.6 is 0 Å². The van der Waals surface area contributed by atoms with Crippen molar-refractivity contribution in [3.05, 3.63) is 52.4 Å². The summed E-state index contributed by atoms with van der Waals surface area (Å²) in [5.41, 5.74) is 15.4. The van der Waals surface area contributed by atoms with E-state index in [9.17, 15) is 9.59 Å². The number of aromatic nitrogens is 3. The molecule has 1 aliphatic carbocycles. The molecule has 0 aliphatic heterocycles. The number of nitrogens with two attached hydrogens (primary N) is 2. The van der Waals surface area contributed by atoms with Crippen LogP contribution in [-0.4, -0.2) is 33.7 Å². The van der Waals surface area contributed by atoms with Crippen LogP contribution in [0.5, 0.6) is 0 Å². The summed E-state index contributed by atoms with van der Waals surface area (Å²) in [6.45, 7) is 6.32. The van der Waals surface area contributed by atoms with Crippen molar-refractivity contribution in [3.63, 3.8) is 0 Å². The first-order chi connectivity index (χ1) is 17.1. The lowest BCUT2D eigenvalue weighted by atomic mass is 9.86. The van der Waals surface area contributed by atoms with E-state index in [0.29, 0.717) is 17.0 Å². The molecule has 192 valence electrons. The number of hydrogen-bond acceptors (Lipinski definition) is 7. The van der Waals surface area contributed by atoms with E-state index < -0.39 is 5.91 Å². The molecule has 1 amide bonds. The third-order valence-electron chi connectivity index (χ3n) is 7.05. The van der Waals surface area contributed by atoms with Crippen molar-refractivity contribution in [2.24, 2.45) is 5.73 Å². The number of methoxy groups -OCH3 is 1. The van der Waals surface area contributed by atoms with Gasteiger partial charge in [0, 0.05) is 36.6 Å². The van der Waals surface area contributed by atoms with Gasteiger partial charge in [-0.3, -0.25) is 9.59 Å². The Hall–Kier alpha value is -3.46. The highest BCUT2D eigenvalue weighted by molar-refractivity contribution is 6.03. The first-order valence-corrected chi connectivity index (χ1v) is 12.4. The van der Waals surface area contributed by atoms with Gasteiger partial charge in [0.05, 0.1) is 18.7 Å². The van der Waals surface area contributed by atoms with E-state index in [0.717, 1.165) is 29.7 Å². The van der Waals surface area contributed by atoms with E-state index in [1.807, 2.05) is 38.1 Å². The molecule has 0 radical (unpaired) electrons. The third-order valence-corrected chi connectivity index (χ3v) is 7.05. The van der Waals surface area contributed by atoms with Gasteiger partial charge in [0.2, 0.25) is 0 Å². The Morgan fingerprint density at radius 2 is 1.92 bits per heavy atom. The van der Waals surface area contributed by atoms with Crippen molar-refractivity contribution in [2.75, 3.05) is 12.8 Å². The lowest BCUT2D eigenvalue weighted by molar-refractivity contribution is -0.117. The Kier molecular flexibility index (Phi) is 7.31. The summed E-state index contributed by atoms with van der Waals surface area (Å²) in [7, 11) is 1.59. The Labute approximate surface area is 211 Å². The van der Waals surface area contributed by atoms with Crippen LogP contribution < -0.4 is 11.5 Å². The van der Waals surface area contributed by atoms with Gasteiger partial charge in [0.25, 0.3) is 5.91 Å². The minimum absolute atomic E-state index is 0.0227. The smallest absolute Gasteiger partial charge is 0.254 e. The summed E-state index contributed by atoms with van der Waals surface area (Å²) >= 11 is 0. The van der Waals surface area contributed by atoms with Crippen molar-refractivity contribution < 1.29 is 18.8 Å². The van der Waals surface area contributed by atoms with E-state index in [1.54, 1.807) is 11.8 Å². The zero-order valence-electron chi connectivity index (χ0n) is 21.5. The van der Waals surface area contributed by atoms with Crippen LogP contribution in [0.4, 0.5) is 5.82 Å². The molecule has 4 rings (SSSR count). The lowest BCUT2D eigenvalue weighted by Gasteiger charge is -2.18. The van der Waals surface area contributed by atoms with E-state index in [4.69, 9.17) is 20.7 Å². The molecule has 0 spiro atoms. The third kappa shape index (κ3) is 5.06. The fraction of sp³-hybridized carbons (Fsp3) is 0.481. The SMILES string of the molecule is COCc1cc(CC(=O)Cc2cc(C3(C)CCCC3)on2)ccc1-c1nn(C(C)C)c(N)c1C(N)=O. The Bertz CT molecular complexity index is 1270. The lowest BCUT2D eigenvalue weighted by Crippen LogP contribution is -2.15. The van der Waals surface area contributed by atoms with Crippen LogP contribution in [0.2, 0.25) is 0 Å². The van der Waals surface area contributed by atoms with E-state index in [2.05, 4.69) is 17.2 Å². The standard InChI is InChI=1S/C27H35N5O4/c1-16(2)32-25(28)23(26(29)34)24(30-32)21-8-7-17(11-18(21)15-35-4)12-20(33)13-19-14-22(36-31-19)27(3)9-5-6-10-27/h7-8,11,14,16H,5-6,9-10,12-13,15,28H2,1-4H3,(H2,29,34). The van der Waals surface area contributed by atoms with Crippen LogP contribution in [0.15, 0.2) is 28.8 Å². The number of benzene rings is 1. The number of hydrogen-bond donors (Lipinski definition) is 2. The predicted molar refractivity (Wildman–Crippen MR) is 136 cm³/mol. The summed E-state index contributed by atoms with van der Waals surface area (Å²) in [6.07, 6.45) is 5.00. The molecule has 1 fully saturated rings. The average Bonchev–Trinajstić information content (AvgIpc) is 3.53. The zero-order valence-corrected chi connectivity index (χ0v) is 21.5. The first-order valence-electron chi connectivity index (χ1n) is 12.4. The second-order valence-corrected chi connectivity index (χ2v) is 10.3. The first kappa shape index (κ1) is 25.6. The van der Waals surface area contributed by atoms with Gasteiger partial charge >= 0.3 is 0 Å². The fourth-order valence-corrected chi connectivity index (χ4v) is 5.11. The molecule has 0 saturated heterocycles. The van der Waals surface area contributed by atoms with Gasteiger partial charge in [-0.2, -0.15) is 5.10 Å².